The summed E-state index contributed by atoms with van der Waals surface area (Å²) in [5, 5.41) is 0. The second-order valence-corrected chi connectivity index (χ2v) is 3.38. The highest BCUT2D eigenvalue weighted by Crippen LogP contribution is 2.16. The van der Waals surface area contributed by atoms with Crippen molar-refractivity contribution < 1.29 is 4.79 Å². The third kappa shape index (κ3) is 1.28. The molecule has 1 amide bonds. The molecule has 0 aromatic carbocycles. The second kappa shape index (κ2) is 2.72. The highest BCUT2D eigenvalue weighted by Gasteiger charge is 2.30. The Hall–Kier alpha value is -0.0000000000000000833. The van der Waals surface area contributed by atoms with Gasteiger partial charge < -0.3 is 0 Å². The van der Waals surface area contributed by atoms with Crippen LogP contribution in [0.4, 0.5) is 0 Å². The van der Waals surface area contributed by atoms with Crippen LogP contribution in [0.1, 0.15) is 0 Å². The van der Waals surface area contributed by atoms with Crippen LogP contribution in [0.2, 0.25) is 0 Å². The first kappa shape index (κ1) is 7.11. The van der Waals surface area contributed by atoms with E-state index in [4.69, 9.17) is 0 Å². The van der Waals surface area contributed by atoms with Gasteiger partial charge in [0.2, 0.25) is 0 Å². The van der Waals surface area contributed by atoms with Gasteiger partial charge in [-0.2, -0.15) is 0 Å². The molecule has 0 saturated carbocycles. The van der Waals surface area contributed by atoms with Crippen LogP contribution in [0.25, 0.3) is 0 Å². The van der Waals surface area contributed by atoms with Gasteiger partial charge in [-0.1, -0.05) is 24.4 Å². The van der Waals surface area contributed by atoms with Crippen LogP contribution >= 0.6 is 36.4 Å². The maximum Gasteiger partial charge on any atom is 0.272 e. The third-order valence-corrected chi connectivity index (χ3v) is 2.12. The predicted octanol–water partition coefficient (Wildman–Crippen LogP) is 0.804. The smallest absolute Gasteiger partial charge is 0.272 e. The van der Waals surface area contributed by atoms with E-state index in [0.717, 1.165) is 0 Å². The predicted molar refractivity (Wildman–Crippen MR) is 45.6 cm³/mol. The minimum Gasteiger partial charge on any atom is -0.272 e. The molecule has 1 heterocycles. The topological polar surface area (TPSA) is 20.3 Å². The zero-order chi connectivity index (χ0) is 6.85. The van der Waals surface area contributed by atoms with E-state index in [2.05, 4.69) is 24.4 Å². The highest BCUT2D eigenvalue weighted by molar-refractivity contribution is 8.19. The van der Waals surface area contributed by atoms with Crippen molar-refractivity contribution in [1.82, 2.24) is 4.31 Å². The number of carbonyl (C=O) groups excluding carboxylic acids is 1. The molecule has 0 spiro atoms. The van der Waals surface area contributed by atoms with Crippen molar-refractivity contribution in [2.24, 2.45) is 0 Å². The van der Waals surface area contributed by atoms with Gasteiger partial charge in [0.25, 0.3) is 5.91 Å². The summed E-state index contributed by atoms with van der Waals surface area (Å²) >= 11 is 10.4. The molecule has 0 radical (unpaired) electrons. The van der Waals surface area contributed by atoms with Gasteiger partial charge in [-0.3, -0.25) is 9.10 Å². The molecule has 9 heavy (non-hydrogen) atoms. The van der Waals surface area contributed by atoms with E-state index in [1.165, 1.54) is 21.0 Å². The van der Waals surface area contributed by atoms with Crippen molar-refractivity contribution in [3.63, 3.8) is 0 Å². The van der Waals surface area contributed by atoms with E-state index in [1.54, 1.807) is 0 Å². The lowest BCUT2D eigenvalue weighted by atomic mass is 10.3. The molecule has 1 aliphatic heterocycles. The molecule has 48 valence electrons. The Morgan fingerprint density at radius 3 is 2.78 bits per heavy atom. The number of hydrogen-bond acceptors (Lipinski definition) is 4. The molecule has 1 saturated heterocycles. The van der Waals surface area contributed by atoms with Crippen molar-refractivity contribution in [1.29, 1.82) is 0 Å². The maximum atomic E-state index is 10.6. The van der Waals surface area contributed by atoms with E-state index in [9.17, 15) is 4.79 Å². The molecule has 0 atom stereocenters. The summed E-state index contributed by atoms with van der Waals surface area (Å²) in [7, 11) is 0. The zero-order valence-electron chi connectivity index (χ0n) is 4.36. The van der Waals surface area contributed by atoms with Gasteiger partial charge in [0.1, 0.15) is 4.86 Å². The third-order valence-electron chi connectivity index (χ3n) is 0.923. The van der Waals surface area contributed by atoms with Gasteiger partial charge in [-0.15, -0.1) is 0 Å². The molecular formula is C4H3NOS3. The Bertz CT molecular complexity index is 177. The molecular weight excluding hydrogens is 174 g/mol. The quantitative estimate of drug-likeness (QED) is 0.353. The number of thiocarbonyl (C=S) groups is 2. The number of hydrogen-bond donors (Lipinski definition) is 0. The summed E-state index contributed by atoms with van der Waals surface area (Å²) < 4.78 is 2.97. The standard InChI is InChI=1S/C4H3NOS3/c6-4-3(8)1-5(4)9-2-7/h2H,1H2. The number of amides is 1. The molecule has 1 fully saturated rings. The molecule has 0 N–H and O–H groups in total. The Morgan fingerprint density at radius 2 is 2.44 bits per heavy atom. The van der Waals surface area contributed by atoms with Gasteiger partial charge in [0, 0.05) is 0 Å². The SMILES string of the molecule is O=C1C(=S)CN1SC=S. The Kier molecular flexibility index (Phi) is 2.15. The van der Waals surface area contributed by atoms with Crippen LogP contribution in [0, 0.1) is 0 Å². The summed E-state index contributed by atoms with van der Waals surface area (Å²) in [4.78, 5) is 11.1. The first-order valence-corrected chi connectivity index (χ1v) is 3.92. The van der Waals surface area contributed by atoms with Crippen LogP contribution in [-0.2, 0) is 4.79 Å². The van der Waals surface area contributed by atoms with Crippen LogP contribution in [0.3, 0.4) is 0 Å². The fraction of sp³-hybridized carbons (Fsp3) is 0.250. The number of rotatable bonds is 2. The molecule has 0 aromatic heterocycles. The van der Waals surface area contributed by atoms with Crippen molar-refractivity contribution in [3.8, 4) is 0 Å². The van der Waals surface area contributed by atoms with E-state index in [0.29, 0.717) is 11.4 Å². The van der Waals surface area contributed by atoms with Gasteiger partial charge >= 0.3 is 0 Å². The highest BCUT2D eigenvalue weighted by atomic mass is 32.2. The monoisotopic (exact) mass is 177 g/mol. The molecule has 0 aromatic rings. The molecule has 0 aliphatic carbocycles. The Morgan fingerprint density at radius 1 is 1.78 bits per heavy atom. The second-order valence-electron chi connectivity index (χ2n) is 1.47. The number of β-lactam (4-membered cyclic amide) rings is 1. The first-order valence-electron chi connectivity index (χ1n) is 2.21. The summed E-state index contributed by atoms with van der Waals surface area (Å²) in [5.74, 6) is -0.0731. The minimum atomic E-state index is -0.0731. The van der Waals surface area contributed by atoms with E-state index in [1.807, 2.05) is 0 Å². The maximum absolute atomic E-state index is 10.6. The molecule has 2 nitrogen and oxygen atoms in total. The molecule has 0 unspecified atom stereocenters. The number of carbonyl (C=O) groups is 1. The molecule has 5 heteroatoms. The summed E-state index contributed by atoms with van der Waals surface area (Å²) in [6.45, 7) is 0.575. The largest absolute Gasteiger partial charge is 0.272 e. The molecule has 1 aliphatic rings. The summed E-state index contributed by atoms with van der Waals surface area (Å²) in [5.41, 5.74) is 0. The fourth-order valence-corrected chi connectivity index (χ4v) is 1.66. The van der Waals surface area contributed by atoms with Crippen molar-refractivity contribution >= 4 is 51.9 Å². The lowest BCUT2D eigenvalue weighted by molar-refractivity contribution is -0.121. The Balaban J connectivity index is 2.42. The first-order chi connectivity index (χ1) is 4.25. The van der Waals surface area contributed by atoms with Crippen LogP contribution in [-0.4, -0.2) is 26.3 Å². The van der Waals surface area contributed by atoms with Crippen molar-refractivity contribution in [2.75, 3.05) is 6.54 Å². The lowest BCUT2D eigenvalue weighted by Crippen LogP contribution is -2.47. The Labute approximate surface area is 67.7 Å². The van der Waals surface area contributed by atoms with Crippen LogP contribution in [0.5, 0.6) is 0 Å². The minimum absolute atomic E-state index is 0.0731. The molecule has 1 rings (SSSR count). The summed E-state index contributed by atoms with van der Waals surface area (Å²) in [6.07, 6.45) is 0. The van der Waals surface area contributed by atoms with E-state index < -0.39 is 0 Å². The normalized spacial score (nSPS) is 17.6. The van der Waals surface area contributed by atoms with E-state index in [-0.39, 0.29) is 5.91 Å². The zero-order valence-corrected chi connectivity index (χ0v) is 6.81. The number of nitrogens with zero attached hydrogens (tertiary/aromatic N) is 1. The van der Waals surface area contributed by atoms with Gasteiger partial charge in [0.05, 0.1) is 11.2 Å². The molecule has 0 bridgehead atoms. The van der Waals surface area contributed by atoms with Crippen LogP contribution in [0.15, 0.2) is 0 Å². The van der Waals surface area contributed by atoms with Gasteiger partial charge in [0.15, 0.2) is 0 Å². The summed E-state index contributed by atoms with van der Waals surface area (Å²) in [6, 6.07) is 0. The average molecular weight is 177 g/mol. The van der Waals surface area contributed by atoms with Crippen molar-refractivity contribution in [3.05, 3.63) is 0 Å². The van der Waals surface area contributed by atoms with Crippen LogP contribution < -0.4 is 0 Å². The average Bonchev–Trinajstić information content (AvgIpc) is 1.88. The van der Waals surface area contributed by atoms with Crippen molar-refractivity contribution in [2.45, 2.75) is 0 Å². The fourth-order valence-electron chi connectivity index (χ4n) is 0.455. The van der Waals surface area contributed by atoms with Gasteiger partial charge in [-0.05, 0) is 11.9 Å². The lowest BCUT2D eigenvalue weighted by Gasteiger charge is -2.27. The van der Waals surface area contributed by atoms with Gasteiger partial charge in [-0.25, -0.2) is 0 Å². The van der Waals surface area contributed by atoms with E-state index >= 15 is 0 Å².